The number of rotatable bonds is 2. The molecule has 2 aromatic rings. The summed E-state index contributed by atoms with van der Waals surface area (Å²) < 4.78 is 12.2. The van der Waals surface area contributed by atoms with Gasteiger partial charge in [-0.2, -0.15) is 0 Å². The average molecular weight is 393 g/mol. The second-order valence-electron chi connectivity index (χ2n) is 8.26. The molecule has 1 spiro atoms. The van der Waals surface area contributed by atoms with Crippen LogP contribution in [0.5, 0.6) is 5.75 Å². The highest BCUT2D eigenvalue weighted by Gasteiger charge is 2.50. The Morgan fingerprint density at radius 3 is 2.76 bits per heavy atom. The van der Waals surface area contributed by atoms with E-state index in [1.54, 1.807) is 12.1 Å². The van der Waals surface area contributed by atoms with Gasteiger partial charge >= 0.3 is 0 Å². The van der Waals surface area contributed by atoms with E-state index < -0.39 is 5.72 Å². The smallest absolute Gasteiger partial charge is 0.221 e. The third kappa shape index (κ3) is 3.26. The monoisotopic (exact) mass is 393 g/mol. The molecule has 0 aliphatic carbocycles. The van der Waals surface area contributed by atoms with Gasteiger partial charge in [-0.05, 0) is 43.0 Å². The van der Waals surface area contributed by atoms with Gasteiger partial charge in [0, 0.05) is 26.0 Å². The third-order valence-corrected chi connectivity index (χ3v) is 6.14. The Morgan fingerprint density at radius 2 is 2.03 bits per heavy atom. The summed E-state index contributed by atoms with van der Waals surface area (Å²) in [7, 11) is 1.80. The zero-order chi connectivity index (χ0) is 20.0. The van der Waals surface area contributed by atoms with E-state index in [-0.39, 0.29) is 6.10 Å². The fraction of sp³-hybridized carbons (Fsp3) is 0.435. The first-order chi connectivity index (χ1) is 14.0. The molecule has 6 nitrogen and oxygen atoms in total. The SMILES string of the molecule is Cc1cccc(-c2ccc3c(c2)C2(CC(C4CCCOC4)O3)N=C(N)N(C)O2)c1. The number of nitrogens with two attached hydrogens (primary N) is 1. The standard InChI is InChI=1S/C23H27N3O3/c1-15-5-3-6-16(11-15)17-8-9-20-19(12-17)23(25-22(24)26(2)29-23)13-21(28-20)18-7-4-10-27-14-18/h3,5-6,8-9,11-12,18,21H,4,7,10,13-14H2,1-2H3,(H2,24,25). The predicted molar refractivity (Wildman–Crippen MR) is 111 cm³/mol. The summed E-state index contributed by atoms with van der Waals surface area (Å²) in [6.07, 6.45) is 2.75. The Morgan fingerprint density at radius 1 is 1.17 bits per heavy atom. The molecule has 3 heterocycles. The van der Waals surface area contributed by atoms with E-state index in [1.165, 1.54) is 5.56 Å². The highest BCUT2D eigenvalue weighted by atomic mass is 16.7. The van der Waals surface area contributed by atoms with Crippen LogP contribution in [0.2, 0.25) is 0 Å². The van der Waals surface area contributed by atoms with E-state index in [0.717, 1.165) is 41.9 Å². The number of guanidine groups is 1. The van der Waals surface area contributed by atoms with Gasteiger partial charge in [-0.3, -0.25) is 0 Å². The van der Waals surface area contributed by atoms with Crippen molar-refractivity contribution < 1.29 is 14.3 Å². The first kappa shape index (κ1) is 18.5. The molecule has 1 fully saturated rings. The van der Waals surface area contributed by atoms with Crippen LogP contribution in [0.1, 0.15) is 30.4 Å². The zero-order valence-electron chi connectivity index (χ0n) is 16.9. The summed E-state index contributed by atoms with van der Waals surface area (Å²) >= 11 is 0. The quantitative estimate of drug-likeness (QED) is 0.845. The Kier molecular flexibility index (Phi) is 4.48. The molecule has 3 atom stereocenters. The topological polar surface area (TPSA) is 69.3 Å². The van der Waals surface area contributed by atoms with Crippen LogP contribution < -0.4 is 10.5 Å². The molecule has 29 heavy (non-hydrogen) atoms. The van der Waals surface area contributed by atoms with E-state index in [0.29, 0.717) is 24.9 Å². The number of ether oxygens (including phenoxy) is 2. The molecule has 0 radical (unpaired) electrons. The zero-order valence-corrected chi connectivity index (χ0v) is 16.9. The van der Waals surface area contributed by atoms with Crippen molar-refractivity contribution in [1.82, 2.24) is 5.06 Å². The Balaban J connectivity index is 1.57. The Bertz CT molecular complexity index is 954. The fourth-order valence-corrected chi connectivity index (χ4v) is 4.59. The Hall–Kier alpha value is -2.57. The number of fused-ring (bicyclic) bond motifs is 2. The lowest BCUT2D eigenvalue weighted by atomic mass is 9.84. The minimum atomic E-state index is -0.853. The van der Waals surface area contributed by atoms with Crippen molar-refractivity contribution in [3.8, 4) is 16.9 Å². The lowest BCUT2D eigenvalue weighted by molar-refractivity contribution is -0.196. The number of hydrogen-bond donors (Lipinski definition) is 1. The lowest BCUT2D eigenvalue weighted by Crippen LogP contribution is -2.44. The summed E-state index contributed by atoms with van der Waals surface area (Å²) in [5.74, 6) is 1.53. The predicted octanol–water partition coefficient (Wildman–Crippen LogP) is 3.58. The van der Waals surface area contributed by atoms with Crippen molar-refractivity contribution in [3.05, 3.63) is 53.6 Å². The summed E-state index contributed by atoms with van der Waals surface area (Å²) in [6.45, 7) is 3.64. The molecule has 2 N–H and O–H groups in total. The minimum absolute atomic E-state index is 0.0179. The normalized spacial score (nSPS) is 28.8. The summed E-state index contributed by atoms with van der Waals surface area (Å²) in [5, 5.41) is 1.56. The number of nitrogens with zero attached hydrogens (tertiary/aromatic N) is 2. The van der Waals surface area contributed by atoms with E-state index in [1.807, 2.05) is 6.07 Å². The van der Waals surface area contributed by atoms with Gasteiger partial charge in [0.25, 0.3) is 0 Å². The maximum absolute atomic E-state index is 6.45. The molecule has 152 valence electrons. The molecule has 6 heteroatoms. The van der Waals surface area contributed by atoms with Crippen LogP contribution in [0.25, 0.3) is 11.1 Å². The van der Waals surface area contributed by atoms with Crippen LogP contribution >= 0.6 is 0 Å². The van der Waals surface area contributed by atoms with Gasteiger partial charge in [0.15, 0.2) is 0 Å². The van der Waals surface area contributed by atoms with Crippen LogP contribution in [-0.4, -0.2) is 37.4 Å². The van der Waals surface area contributed by atoms with E-state index >= 15 is 0 Å². The molecule has 0 aromatic heterocycles. The highest BCUT2D eigenvalue weighted by molar-refractivity contribution is 5.79. The van der Waals surface area contributed by atoms with Gasteiger partial charge in [-0.25, -0.2) is 14.9 Å². The maximum atomic E-state index is 6.45. The first-order valence-corrected chi connectivity index (χ1v) is 10.3. The molecular weight excluding hydrogens is 366 g/mol. The molecule has 3 aliphatic rings. The summed E-state index contributed by atoms with van der Waals surface area (Å²) in [6, 6.07) is 14.7. The van der Waals surface area contributed by atoms with E-state index in [4.69, 9.17) is 25.0 Å². The van der Waals surface area contributed by atoms with Crippen molar-refractivity contribution in [1.29, 1.82) is 0 Å². The number of hydroxylamine groups is 2. The molecular formula is C23H27N3O3. The van der Waals surface area contributed by atoms with E-state index in [9.17, 15) is 0 Å². The molecule has 1 saturated heterocycles. The molecule has 5 rings (SSSR count). The highest BCUT2D eigenvalue weighted by Crippen LogP contribution is 2.48. The summed E-state index contributed by atoms with van der Waals surface area (Å²) in [4.78, 5) is 11.0. The van der Waals surface area contributed by atoms with Gasteiger partial charge < -0.3 is 15.2 Å². The number of benzene rings is 2. The van der Waals surface area contributed by atoms with E-state index in [2.05, 4.69) is 43.3 Å². The number of hydrogen-bond acceptors (Lipinski definition) is 6. The molecule has 2 aromatic carbocycles. The minimum Gasteiger partial charge on any atom is -0.489 e. The number of aliphatic imine (C=N–C) groups is 1. The first-order valence-electron chi connectivity index (χ1n) is 10.3. The lowest BCUT2D eigenvalue weighted by Gasteiger charge is -2.41. The number of aryl methyl sites for hydroxylation is 1. The van der Waals surface area contributed by atoms with Crippen molar-refractivity contribution in [2.24, 2.45) is 16.6 Å². The van der Waals surface area contributed by atoms with Crippen molar-refractivity contribution in [2.45, 2.75) is 38.0 Å². The van der Waals surface area contributed by atoms with Crippen LogP contribution in [0, 0.1) is 12.8 Å². The van der Waals surface area contributed by atoms with Gasteiger partial charge in [0.2, 0.25) is 11.7 Å². The van der Waals surface area contributed by atoms with Crippen molar-refractivity contribution in [2.75, 3.05) is 20.3 Å². The second kappa shape index (κ2) is 7.04. The second-order valence-corrected chi connectivity index (χ2v) is 8.26. The largest absolute Gasteiger partial charge is 0.489 e. The van der Waals surface area contributed by atoms with Gasteiger partial charge in [-0.15, -0.1) is 0 Å². The molecule has 3 unspecified atom stereocenters. The molecule has 3 aliphatic heterocycles. The van der Waals surface area contributed by atoms with Crippen molar-refractivity contribution >= 4 is 5.96 Å². The summed E-state index contributed by atoms with van der Waals surface area (Å²) in [5.41, 5.74) is 9.69. The molecule has 0 saturated carbocycles. The van der Waals surface area contributed by atoms with Gasteiger partial charge in [0.1, 0.15) is 11.9 Å². The molecule has 0 amide bonds. The van der Waals surface area contributed by atoms with Crippen LogP contribution in [-0.2, 0) is 15.3 Å². The van der Waals surface area contributed by atoms with Gasteiger partial charge in [-0.1, -0.05) is 35.9 Å². The fourth-order valence-electron chi connectivity index (χ4n) is 4.59. The Labute approximate surface area is 171 Å². The van der Waals surface area contributed by atoms with Crippen LogP contribution in [0.3, 0.4) is 0 Å². The van der Waals surface area contributed by atoms with Crippen LogP contribution in [0.4, 0.5) is 0 Å². The third-order valence-electron chi connectivity index (χ3n) is 6.14. The van der Waals surface area contributed by atoms with Gasteiger partial charge in [0.05, 0.1) is 12.2 Å². The van der Waals surface area contributed by atoms with Crippen molar-refractivity contribution in [3.63, 3.8) is 0 Å². The average Bonchev–Trinajstić information content (AvgIpc) is 3.02. The van der Waals surface area contributed by atoms with Crippen LogP contribution in [0.15, 0.2) is 47.5 Å². The molecule has 0 bridgehead atoms. The maximum Gasteiger partial charge on any atom is 0.221 e.